The Balaban J connectivity index is 2.11. The van der Waals surface area contributed by atoms with Gasteiger partial charge in [-0.1, -0.05) is 22.9 Å². The van der Waals surface area contributed by atoms with Crippen molar-refractivity contribution in [3.63, 3.8) is 0 Å². The maximum absolute atomic E-state index is 12.7. The van der Waals surface area contributed by atoms with Gasteiger partial charge in [-0.15, -0.1) is 0 Å². The summed E-state index contributed by atoms with van der Waals surface area (Å²) >= 11 is 12.7. The number of rotatable bonds is 5. The van der Waals surface area contributed by atoms with Crippen molar-refractivity contribution in [2.45, 2.75) is 45.3 Å². The second kappa shape index (κ2) is 8.84. The summed E-state index contributed by atoms with van der Waals surface area (Å²) in [5, 5.41) is -0.255. The van der Waals surface area contributed by atoms with Crippen molar-refractivity contribution >= 4 is 62.8 Å². The van der Waals surface area contributed by atoms with Crippen molar-refractivity contribution in [2.75, 3.05) is 6.61 Å². The van der Waals surface area contributed by atoms with E-state index in [4.69, 9.17) is 42.1 Å². The summed E-state index contributed by atoms with van der Waals surface area (Å²) in [7, 11) is 0. The number of ether oxygens (including phenoxy) is 4. The monoisotopic (exact) mass is 479 g/mol. The molecule has 1 saturated heterocycles. The molecular weight excluding hydrogens is 465 g/mol. The number of hydrogen-bond donors (Lipinski definition) is 0. The van der Waals surface area contributed by atoms with Crippen LogP contribution in [0.5, 0.6) is 0 Å². The molecule has 0 aromatic carbocycles. The molecule has 30 heavy (non-hydrogen) atoms. The third-order valence-corrected chi connectivity index (χ3v) is 5.49. The molecule has 0 aliphatic carbocycles. The molecule has 2 aromatic rings. The van der Waals surface area contributed by atoms with Crippen LogP contribution in [0.15, 0.2) is 4.79 Å². The van der Waals surface area contributed by atoms with E-state index in [2.05, 4.69) is 9.97 Å². The lowest BCUT2D eigenvalue weighted by Gasteiger charge is -2.23. The van der Waals surface area contributed by atoms with Crippen LogP contribution >= 0.6 is 34.5 Å². The summed E-state index contributed by atoms with van der Waals surface area (Å²) in [6, 6.07) is 0. The maximum atomic E-state index is 12.7. The number of nitrogens with zero attached hydrogens (tertiary/aromatic N) is 3. The van der Waals surface area contributed by atoms with E-state index in [-0.39, 0.29) is 27.4 Å². The van der Waals surface area contributed by atoms with Gasteiger partial charge in [-0.25, -0.2) is 4.98 Å². The molecule has 0 unspecified atom stereocenters. The lowest BCUT2D eigenvalue weighted by molar-refractivity contribution is -0.166. The highest BCUT2D eigenvalue weighted by Gasteiger charge is 2.51. The molecule has 1 fully saturated rings. The maximum Gasteiger partial charge on any atom is 0.311 e. The first-order valence-corrected chi connectivity index (χ1v) is 10.0. The van der Waals surface area contributed by atoms with Crippen molar-refractivity contribution in [2.24, 2.45) is 0 Å². The van der Waals surface area contributed by atoms with Gasteiger partial charge in [0.25, 0.3) is 0 Å². The zero-order valence-electron chi connectivity index (χ0n) is 15.8. The van der Waals surface area contributed by atoms with E-state index in [0.29, 0.717) is 0 Å². The molecule has 0 radical (unpaired) electrons. The Morgan fingerprint density at radius 3 is 2.30 bits per heavy atom. The molecule has 1 aliphatic heterocycles. The van der Waals surface area contributed by atoms with E-state index in [1.54, 1.807) is 0 Å². The minimum absolute atomic E-state index is 0.0408. The van der Waals surface area contributed by atoms with Crippen molar-refractivity contribution in [1.82, 2.24) is 14.5 Å². The van der Waals surface area contributed by atoms with E-state index in [9.17, 15) is 19.2 Å². The average molecular weight is 480 g/mol. The molecule has 14 heteroatoms. The van der Waals surface area contributed by atoms with Gasteiger partial charge in [0, 0.05) is 20.8 Å². The minimum Gasteiger partial charge on any atom is -0.463 e. The molecule has 162 valence electrons. The Labute approximate surface area is 182 Å². The molecule has 3 heterocycles. The van der Waals surface area contributed by atoms with E-state index in [0.717, 1.165) is 29.8 Å². The van der Waals surface area contributed by atoms with Crippen LogP contribution in [0.25, 0.3) is 10.3 Å². The van der Waals surface area contributed by atoms with Gasteiger partial charge < -0.3 is 18.9 Å². The highest BCUT2D eigenvalue weighted by atomic mass is 35.5. The van der Waals surface area contributed by atoms with E-state index >= 15 is 0 Å². The zero-order valence-corrected chi connectivity index (χ0v) is 18.1. The van der Waals surface area contributed by atoms with Crippen LogP contribution in [0, 0.1) is 0 Å². The molecule has 0 N–H and O–H groups in total. The van der Waals surface area contributed by atoms with Crippen LogP contribution in [0.4, 0.5) is 0 Å². The van der Waals surface area contributed by atoms with Gasteiger partial charge in [0.2, 0.25) is 5.28 Å². The molecule has 2 aromatic heterocycles. The van der Waals surface area contributed by atoms with Gasteiger partial charge in [0.05, 0.1) is 0 Å². The third-order valence-electron chi connectivity index (χ3n) is 3.99. The average Bonchev–Trinajstić information content (AvgIpc) is 3.10. The largest absolute Gasteiger partial charge is 0.463 e. The second-order valence-corrected chi connectivity index (χ2v) is 7.85. The number of halogens is 2. The second-order valence-electron chi connectivity index (χ2n) is 6.19. The normalized spacial score (nSPS) is 23.4. The molecule has 0 spiro atoms. The van der Waals surface area contributed by atoms with Gasteiger partial charge >= 0.3 is 22.8 Å². The Morgan fingerprint density at radius 2 is 1.70 bits per heavy atom. The molecule has 3 rings (SSSR count). The van der Waals surface area contributed by atoms with Crippen LogP contribution in [-0.2, 0) is 33.3 Å². The number of carbonyl (C=O) groups excluding carboxylic acids is 3. The van der Waals surface area contributed by atoms with E-state index in [1.165, 1.54) is 6.92 Å². The Hall–Kier alpha value is -2.28. The van der Waals surface area contributed by atoms with Crippen molar-refractivity contribution in [3.8, 4) is 0 Å². The standard InChI is InChI=1S/C16H15Cl2N3O8S/c1-5(22)26-4-8-9(27-6(2)23)10(28-7(3)24)14(29-8)21-13-11(30-16(21)25)12(17)19-15(18)20-13/h8-10,14H,4H2,1-3H3/t8-,9-,10-,14-/m1/s1. The van der Waals surface area contributed by atoms with Crippen molar-refractivity contribution < 1.29 is 33.3 Å². The molecule has 0 saturated carbocycles. The first kappa shape index (κ1) is 22.4. The van der Waals surface area contributed by atoms with Crippen LogP contribution in [-0.4, -0.2) is 57.4 Å². The summed E-state index contributed by atoms with van der Waals surface area (Å²) < 4.78 is 22.7. The topological polar surface area (TPSA) is 136 Å². The van der Waals surface area contributed by atoms with Crippen LogP contribution < -0.4 is 4.87 Å². The smallest absolute Gasteiger partial charge is 0.311 e. The van der Waals surface area contributed by atoms with Gasteiger partial charge in [-0.05, 0) is 11.6 Å². The fourth-order valence-corrected chi connectivity index (χ4v) is 4.30. The number of hydrogen-bond acceptors (Lipinski definition) is 11. The SMILES string of the molecule is CC(=O)OC[C@H]1O[C@@H](n2c(=O)sc3c(Cl)nc(Cl)nc32)[C@H](OC(C)=O)[C@@H]1OC(C)=O. The molecule has 0 amide bonds. The van der Waals surface area contributed by atoms with E-state index < -0.39 is 47.3 Å². The first-order valence-electron chi connectivity index (χ1n) is 8.45. The number of esters is 3. The summed E-state index contributed by atoms with van der Waals surface area (Å²) in [5.41, 5.74) is 0.0480. The van der Waals surface area contributed by atoms with Crippen LogP contribution in [0.2, 0.25) is 10.4 Å². The summed E-state index contributed by atoms with van der Waals surface area (Å²) in [5.74, 6) is -2.00. The van der Waals surface area contributed by atoms with E-state index in [1.807, 2.05) is 0 Å². The fourth-order valence-electron chi connectivity index (χ4n) is 2.99. The van der Waals surface area contributed by atoms with Crippen LogP contribution in [0.3, 0.4) is 0 Å². The quantitative estimate of drug-likeness (QED) is 0.268. The molecule has 11 nitrogen and oxygen atoms in total. The number of thiazole rings is 1. The molecule has 0 bridgehead atoms. The molecule has 4 atom stereocenters. The van der Waals surface area contributed by atoms with Gasteiger partial charge in [-0.3, -0.25) is 23.7 Å². The predicted molar refractivity (Wildman–Crippen MR) is 103 cm³/mol. The first-order chi connectivity index (χ1) is 14.1. The van der Waals surface area contributed by atoms with Gasteiger partial charge in [0.1, 0.15) is 17.4 Å². The molecular formula is C16H15Cl2N3O8S. The third kappa shape index (κ3) is 4.56. The van der Waals surface area contributed by atoms with Gasteiger partial charge in [-0.2, -0.15) is 4.98 Å². The lowest BCUT2D eigenvalue weighted by Crippen LogP contribution is -2.41. The Morgan fingerprint density at radius 1 is 1.07 bits per heavy atom. The van der Waals surface area contributed by atoms with Crippen LogP contribution in [0.1, 0.15) is 27.0 Å². The summed E-state index contributed by atoms with van der Waals surface area (Å²) in [6.07, 6.45) is -4.69. The number of fused-ring (bicyclic) bond motifs is 1. The number of aromatic nitrogens is 3. The minimum atomic E-state index is -1.26. The summed E-state index contributed by atoms with van der Waals surface area (Å²) in [4.78, 5) is 54.6. The fraction of sp³-hybridized carbons (Fsp3) is 0.500. The van der Waals surface area contributed by atoms with Crippen molar-refractivity contribution in [1.29, 1.82) is 0 Å². The highest BCUT2D eigenvalue weighted by molar-refractivity contribution is 7.17. The lowest BCUT2D eigenvalue weighted by atomic mass is 10.1. The zero-order chi connectivity index (χ0) is 22.2. The Kier molecular flexibility index (Phi) is 6.60. The van der Waals surface area contributed by atoms with Gasteiger partial charge in [0.15, 0.2) is 29.2 Å². The Bertz CT molecular complexity index is 1070. The predicted octanol–water partition coefficient (Wildman–Crippen LogP) is 1.48. The molecule has 1 aliphatic rings. The summed E-state index contributed by atoms with van der Waals surface area (Å²) in [6.45, 7) is 3.18. The number of carbonyl (C=O) groups is 3. The van der Waals surface area contributed by atoms with Crippen molar-refractivity contribution in [3.05, 3.63) is 20.1 Å². The highest BCUT2D eigenvalue weighted by Crippen LogP contribution is 2.37.